The Balaban J connectivity index is 1.87. The molecule has 112 valence electrons. The number of hydrogen-bond acceptors (Lipinski definition) is 2. The Morgan fingerprint density at radius 1 is 1.35 bits per heavy atom. The van der Waals surface area contributed by atoms with Gasteiger partial charge >= 0.3 is 0 Å². The minimum Gasteiger partial charge on any atom is -0.299 e. The second kappa shape index (κ2) is 7.05. The van der Waals surface area contributed by atoms with Gasteiger partial charge in [-0.3, -0.25) is 9.48 Å². The first-order chi connectivity index (χ1) is 9.63. The highest BCUT2D eigenvalue weighted by atomic mass is 16.1. The SMILES string of the molecule is CCC1CCC(C(=O)Cc2ccn(C(C)CC)n2)CC1. The lowest BCUT2D eigenvalue weighted by Gasteiger charge is -2.26. The molecule has 20 heavy (non-hydrogen) atoms. The van der Waals surface area contributed by atoms with E-state index in [1.807, 2.05) is 16.9 Å². The third kappa shape index (κ3) is 3.71. The Labute approximate surface area is 122 Å². The molecule has 1 heterocycles. The van der Waals surface area contributed by atoms with Crippen molar-refractivity contribution >= 4 is 5.78 Å². The molecule has 0 saturated heterocycles. The first kappa shape index (κ1) is 15.3. The molecule has 0 aliphatic heterocycles. The lowest BCUT2D eigenvalue weighted by molar-refractivity contribution is -0.123. The molecule has 1 atom stereocenters. The van der Waals surface area contributed by atoms with Crippen molar-refractivity contribution in [2.75, 3.05) is 0 Å². The summed E-state index contributed by atoms with van der Waals surface area (Å²) < 4.78 is 1.98. The van der Waals surface area contributed by atoms with Crippen molar-refractivity contribution in [2.45, 2.75) is 71.8 Å². The van der Waals surface area contributed by atoms with Crippen LogP contribution in [0.25, 0.3) is 0 Å². The largest absolute Gasteiger partial charge is 0.299 e. The average molecular weight is 276 g/mol. The van der Waals surface area contributed by atoms with Gasteiger partial charge in [-0.1, -0.05) is 20.3 Å². The second-order valence-corrected chi connectivity index (χ2v) is 6.31. The van der Waals surface area contributed by atoms with Crippen LogP contribution in [0.5, 0.6) is 0 Å². The van der Waals surface area contributed by atoms with Crippen LogP contribution in [0, 0.1) is 11.8 Å². The van der Waals surface area contributed by atoms with Crippen LogP contribution in [-0.2, 0) is 11.2 Å². The zero-order chi connectivity index (χ0) is 14.5. The topological polar surface area (TPSA) is 34.9 Å². The summed E-state index contributed by atoms with van der Waals surface area (Å²) in [4.78, 5) is 12.4. The van der Waals surface area contributed by atoms with Gasteiger partial charge in [0.1, 0.15) is 5.78 Å². The molecule has 2 rings (SSSR count). The van der Waals surface area contributed by atoms with E-state index in [9.17, 15) is 4.79 Å². The first-order valence-corrected chi connectivity index (χ1v) is 8.20. The van der Waals surface area contributed by atoms with Gasteiger partial charge in [0.15, 0.2) is 0 Å². The highest BCUT2D eigenvalue weighted by Crippen LogP contribution is 2.31. The predicted molar refractivity (Wildman–Crippen MR) is 81.7 cm³/mol. The van der Waals surface area contributed by atoms with Crippen LogP contribution in [0.15, 0.2) is 12.3 Å². The van der Waals surface area contributed by atoms with Gasteiger partial charge in [-0.2, -0.15) is 5.10 Å². The highest BCUT2D eigenvalue weighted by Gasteiger charge is 2.25. The summed E-state index contributed by atoms with van der Waals surface area (Å²) >= 11 is 0. The van der Waals surface area contributed by atoms with E-state index in [1.54, 1.807) is 0 Å². The Kier molecular flexibility index (Phi) is 5.38. The number of ketones is 1. The van der Waals surface area contributed by atoms with Crippen molar-refractivity contribution in [3.05, 3.63) is 18.0 Å². The Morgan fingerprint density at radius 3 is 2.65 bits per heavy atom. The minimum atomic E-state index is 0.284. The first-order valence-electron chi connectivity index (χ1n) is 8.20. The Morgan fingerprint density at radius 2 is 2.05 bits per heavy atom. The van der Waals surface area contributed by atoms with Crippen LogP contribution in [0.3, 0.4) is 0 Å². The van der Waals surface area contributed by atoms with Gasteiger partial charge in [0.05, 0.1) is 12.1 Å². The van der Waals surface area contributed by atoms with E-state index in [1.165, 1.54) is 19.3 Å². The standard InChI is InChI=1S/C17H28N2O/c1-4-13(3)19-11-10-16(18-19)12-17(20)15-8-6-14(5-2)7-9-15/h10-11,13-15H,4-9,12H2,1-3H3. The summed E-state index contributed by atoms with van der Waals surface area (Å²) in [6.07, 6.45) is 9.49. The van der Waals surface area contributed by atoms with Crippen LogP contribution in [-0.4, -0.2) is 15.6 Å². The molecule has 0 N–H and O–H groups in total. The molecular weight excluding hydrogens is 248 g/mol. The summed E-state index contributed by atoms with van der Waals surface area (Å²) in [5, 5.41) is 4.54. The molecule has 1 aliphatic rings. The third-order valence-corrected chi connectivity index (χ3v) is 4.94. The fourth-order valence-electron chi connectivity index (χ4n) is 3.12. The quantitative estimate of drug-likeness (QED) is 0.781. The third-order valence-electron chi connectivity index (χ3n) is 4.94. The number of Topliss-reactive ketones (excluding diaryl/α,β-unsaturated/α-hetero) is 1. The molecule has 0 amide bonds. The molecule has 1 unspecified atom stereocenters. The predicted octanol–water partition coefficient (Wildman–Crippen LogP) is 4.18. The van der Waals surface area contributed by atoms with Crippen molar-refractivity contribution < 1.29 is 4.79 Å². The highest BCUT2D eigenvalue weighted by molar-refractivity contribution is 5.82. The summed E-state index contributed by atoms with van der Waals surface area (Å²) in [5.41, 5.74) is 0.938. The van der Waals surface area contributed by atoms with E-state index >= 15 is 0 Å². The normalized spacial score (nSPS) is 24.6. The van der Waals surface area contributed by atoms with Gasteiger partial charge in [0.25, 0.3) is 0 Å². The van der Waals surface area contributed by atoms with E-state index in [4.69, 9.17) is 0 Å². The molecule has 1 saturated carbocycles. The molecular formula is C17H28N2O. The van der Waals surface area contributed by atoms with Crippen LogP contribution >= 0.6 is 0 Å². The zero-order valence-electron chi connectivity index (χ0n) is 13.1. The number of nitrogens with zero attached hydrogens (tertiary/aromatic N) is 2. The molecule has 3 nitrogen and oxygen atoms in total. The van der Waals surface area contributed by atoms with Crippen molar-refractivity contribution in [1.82, 2.24) is 9.78 Å². The number of carbonyl (C=O) groups is 1. The number of rotatable bonds is 6. The summed E-state index contributed by atoms with van der Waals surface area (Å²) in [6, 6.07) is 2.42. The number of aromatic nitrogens is 2. The van der Waals surface area contributed by atoms with Crippen molar-refractivity contribution in [1.29, 1.82) is 0 Å². The van der Waals surface area contributed by atoms with Crippen LogP contribution in [0.1, 0.15) is 71.0 Å². The molecule has 3 heteroatoms. The maximum Gasteiger partial charge on any atom is 0.141 e. The summed E-state index contributed by atoms with van der Waals surface area (Å²) in [5.74, 6) is 1.53. The van der Waals surface area contributed by atoms with Gasteiger partial charge in [0.2, 0.25) is 0 Å². The van der Waals surface area contributed by atoms with Gasteiger partial charge in [-0.05, 0) is 51.0 Å². The molecule has 0 radical (unpaired) electrons. The smallest absolute Gasteiger partial charge is 0.141 e. The average Bonchev–Trinajstić information content (AvgIpc) is 2.95. The van der Waals surface area contributed by atoms with Crippen LogP contribution < -0.4 is 0 Å². The monoisotopic (exact) mass is 276 g/mol. The molecule has 1 fully saturated rings. The molecule has 1 aromatic rings. The Bertz CT molecular complexity index is 430. The fourth-order valence-corrected chi connectivity index (χ4v) is 3.12. The number of hydrogen-bond donors (Lipinski definition) is 0. The van der Waals surface area contributed by atoms with E-state index in [2.05, 4.69) is 25.9 Å². The van der Waals surface area contributed by atoms with Gasteiger partial charge in [-0.15, -0.1) is 0 Å². The molecule has 0 aromatic carbocycles. The van der Waals surface area contributed by atoms with Crippen LogP contribution in [0.2, 0.25) is 0 Å². The van der Waals surface area contributed by atoms with E-state index in [0.717, 1.165) is 30.9 Å². The van der Waals surface area contributed by atoms with Crippen molar-refractivity contribution in [3.63, 3.8) is 0 Å². The number of carbonyl (C=O) groups excluding carboxylic acids is 1. The maximum atomic E-state index is 12.4. The molecule has 0 bridgehead atoms. The van der Waals surface area contributed by atoms with E-state index in [0.29, 0.717) is 18.2 Å². The van der Waals surface area contributed by atoms with E-state index < -0.39 is 0 Å². The van der Waals surface area contributed by atoms with Gasteiger partial charge in [0, 0.05) is 18.2 Å². The van der Waals surface area contributed by atoms with Gasteiger partial charge < -0.3 is 0 Å². The second-order valence-electron chi connectivity index (χ2n) is 6.31. The lowest BCUT2D eigenvalue weighted by Crippen LogP contribution is -2.23. The van der Waals surface area contributed by atoms with Crippen molar-refractivity contribution in [2.24, 2.45) is 11.8 Å². The molecule has 1 aliphatic carbocycles. The fraction of sp³-hybridized carbons (Fsp3) is 0.765. The lowest BCUT2D eigenvalue weighted by atomic mass is 9.78. The van der Waals surface area contributed by atoms with Crippen LogP contribution in [0.4, 0.5) is 0 Å². The zero-order valence-corrected chi connectivity index (χ0v) is 13.1. The van der Waals surface area contributed by atoms with Gasteiger partial charge in [-0.25, -0.2) is 0 Å². The summed E-state index contributed by atoms with van der Waals surface area (Å²) in [6.45, 7) is 6.57. The maximum absolute atomic E-state index is 12.4. The Hall–Kier alpha value is -1.12. The minimum absolute atomic E-state index is 0.284. The summed E-state index contributed by atoms with van der Waals surface area (Å²) in [7, 11) is 0. The van der Waals surface area contributed by atoms with Crippen molar-refractivity contribution in [3.8, 4) is 0 Å². The molecule has 1 aromatic heterocycles. The van der Waals surface area contributed by atoms with E-state index in [-0.39, 0.29) is 5.92 Å². The molecule has 0 spiro atoms.